The number of aryl methyl sites for hydroxylation is 4. The van der Waals surface area contributed by atoms with Crippen LogP contribution in [0.25, 0.3) is 16.9 Å². The highest BCUT2D eigenvalue weighted by Gasteiger charge is 2.16. The van der Waals surface area contributed by atoms with Gasteiger partial charge >= 0.3 is 0 Å². The lowest BCUT2D eigenvalue weighted by atomic mass is 10.1. The van der Waals surface area contributed by atoms with E-state index in [9.17, 15) is 10.1 Å². The molecule has 0 radical (unpaired) electrons. The van der Waals surface area contributed by atoms with E-state index in [2.05, 4.69) is 26.5 Å². The summed E-state index contributed by atoms with van der Waals surface area (Å²) in [7, 11) is 0. The molecule has 0 atom stereocenters. The number of carbonyl (C=O) groups excluding carboxylic acids is 1. The van der Waals surface area contributed by atoms with E-state index in [0.717, 1.165) is 39.7 Å². The van der Waals surface area contributed by atoms with E-state index in [4.69, 9.17) is 4.42 Å². The summed E-state index contributed by atoms with van der Waals surface area (Å²) < 4.78 is 7.21. The highest BCUT2D eigenvalue weighted by molar-refractivity contribution is 7.14. The number of aromatic nitrogens is 4. The Morgan fingerprint density at radius 3 is 2.80 bits per heavy atom. The maximum absolute atomic E-state index is 12.5. The van der Waals surface area contributed by atoms with Crippen molar-refractivity contribution in [3.63, 3.8) is 0 Å². The van der Waals surface area contributed by atoms with E-state index >= 15 is 0 Å². The third kappa shape index (κ3) is 3.57. The molecule has 152 valence electrons. The van der Waals surface area contributed by atoms with Crippen molar-refractivity contribution in [2.45, 2.75) is 40.5 Å². The van der Waals surface area contributed by atoms with Crippen molar-refractivity contribution in [1.82, 2.24) is 19.6 Å². The SMILES string of the molecule is Cc1cc(-c2csc(NC(=O)CCc3c(C)nc4c(C#N)cnn4c3C)n2)c(C)o1. The van der Waals surface area contributed by atoms with Crippen molar-refractivity contribution in [2.75, 3.05) is 5.32 Å². The highest BCUT2D eigenvalue weighted by Crippen LogP contribution is 2.29. The molecule has 4 aromatic heterocycles. The zero-order valence-electron chi connectivity index (χ0n) is 17.1. The number of nitrogens with one attached hydrogen (secondary N) is 1. The van der Waals surface area contributed by atoms with E-state index in [0.29, 0.717) is 29.2 Å². The number of rotatable bonds is 5. The molecule has 0 aliphatic rings. The predicted octanol–water partition coefficient (Wildman–Crippen LogP) is 4.12. The maximum Gasteiger partial charge on any atom is 0.226 e. The van der Waals surface area contributed by atoms with Gasteiger partial charge in [-0.25, -0.2) is 14.5 Å². The highest BCUT2D eigenvalue weighted by atomic mass is 32.1. The standard InChI is InChI=1S/C21H20N6O2S/c1-11-7-17(14(4)29-11)18-10-30-21(25-18)26-19(28)6-5-16-12(2)24-20-15(8-22)9-23-27(20)13(16)3/h7,9-10H,5-6H2,1-4H3,(H,25,26,28). The van der Waals surface area contributed by atoms with Crippen molar-refractivity contribution in [3.8, 4) is 17.3 Å². The topological polar surface area (TPSA) is 109 Å². The summed E-state index contributed by atoms with van der Waals surface area (Å²) in [5, 5.41) is 18.8. The predicted molar refractivity (Wildman–Crippen MR) is 113 cm³/mol. The van der Waals surface area contributed by atoms with Gasteiger partial charge in [0.15, 0.2) is 10.8 Å². The fourth-order valence-corrected chi connectivity index (χ4v) is 4.24. The first-order chi connectivity index (χ1) is 14.4. The summed E-state index contributed by atoms with van der Waals surface area (Å²) in [5.74, 6) is 1.52. The minimum absolute atomic E-state index is 0.118. The molecule has 9 heteroatoms. The van der Waals surface area contributed by atoms with E-state index < -0.39 is 0 Å². The number of hydrogen-bond acceptors (Lipinski definition) is 7. The maximum atomic E-state index is 12.5. The smallest absolute Gasteiger partial charge is 0.226 e. The summed E-state index contributed by atoms with van der Waals surface area (Å²) in [6.45, 7) is 7.60. The Balaban J connectivity index is 1.46. The normalized spacial score (nSPS) is 11.0. The molecule has 0 fully saturated rings. The Morgan fingerprint density at radius 1 is 1.30 bits per heavy atom. The molecule has 0 aliphatic heterocycles. The van der Waals surface area contributed by atoms with Crippen LogP contribution < -0.4 is 5.32 Å². The first kappa shape index (κ1) is 19.8. The summed E-state index contributed by atoms with van der Waals surface area (Å²) >= 11 is 1.38. The fourth-order valence-electron chi connectivity index (χ4n) is 3.51. The molecule has 4 rings (SSSR count). The summed E-state index contributed by atoms with van der Waals surface area (Å²) in [4.78, 5) is 21.5. The van der Waals surface area contributed by atoms with Gasteiger partial charge in [-0.3, -0.25) is 4.79 Å². The Labute approximate surface area is 177 Å². The molecule has 1 N–H and O–H groups in total. The lowest BCUT2D eigenvalue weighted by Gasteiger charge is -2.11. The Morgan fingerprint density at radius 2 is 2.10 bits per heavy atom. The zero-order valence-corrected chi connectivity index (χ0v) is 17.9. The van der Waals surface area contributed by atoms with Gasteiger partial charge in [0.2, 0.25) is 5.91 Å². The molecule has 0 bridgehead atoms. The average Bonchev–Trinajstić information content (AvgIpc) is 3.40. The molecule has 30 heavy (non-hydrogen) atoms. The summed E-state index contributed by atoms with van der Waals surface area (Å²) in [6, 6.07) is 4.04. The van der Waals surface area contributed by atoms with Crippen LogP contribution in [0.3, 0.4) is 0 Å². The van der Waals surface area contributed by atoms with Gasteiger partial charge in [-0.05, 0) is 45.7 Å². The number of furan rings is 1. The van der Waals surface area contributed by atoms with Crippen molar-refractivity contribution >= 4 is 28.0 Å². The minimum atomic E-state index is -0.118. The van der Waals surface area contributed by atoms with Crippen molar-refractivity contribution in [1.29, 1.82) is 5.26 Å². The van der Waals surface area contributed by atoms with Crippen LogP contribution in [0.5, 0.6) is 0 Å². The largest absolute Gasteiger partial charge is 0.466 e. The molecule has 0 saturated heterocycles. The number of thiazole rings is 1. The second-order valence-corrected chi connectivity index (χ2v) is 7.94. The lowest BCUT2D eigenvalue weighted by molar-refractivity contribution is -0.116. The number of hydrogen-bond donors (Lipinski definition) is 1. The van der Waals surface area contributed by atoms with Crippen LogP contribution >= 0.6 is 11.3 Å². The molecule has 0 unspecified atom stereocenters. The minimum Gasteiger partial charge on any atom is -0.466 e. The number of anilines is 1. The molecular weight excluding hydrogens is 400 g/mol. The van der Waals surface area contributed by atoms with Gasteiger partial charge in [-0.15, -0.1) is 11.3 Å². The molecule has 0 aliphatic carbocycles. The molecule has 0 aromatic carbocycles. The fraction of sp³-hybridized carbons (Fsp3) is 0.286. The van der Waals surface area contributed by atoms with E-state index in [1.165, 1.54) is 17.5 Å². The van der Waals surface area contributed by atoms with Crippen LogP contribution in [-0.2, 0) is 11.2 Å². The number of nitrogens with zero attached hydrogens (tertiary/aromatic N) is 5. The third-order valence-corrected chi connectivity index (χ3v) is 5.76. The second kappa shape index (κ2) is 7.72. The lowest BCUT2D eigenvalue weighted by Crippen LogP contribution is -2.14. The van der Waals surface area contributed by atoms with Crippen molar-refractivity contribution < 1.29 is 9.21 Å². The van der Waals surface area contributed by atoms with Crippen LogP contribution in [0.15, 0.2) is 22.1 Å². The summed E-state index contributed by atoms with van der Waals surface area (Å²) in [5.41, 5.74) is 5.34. The summed E-state index contributed by atoms with van der Waals surface area (Å²) in [6.07, 6.45) is 2.32. The number of carbonyl (C=O) groups is 1. The first-order valence-electron chi connectivity index (χ1n) is 9.44. The molecule has 1 amide bonds. The van der Waals surface area contributed by atoms with Crippen molar-refractivity contribution in [2.24, 2.45) is 0 Å². The quantitative estimate of drug-likeness (QED) is 0.520. The van der Waals surface area contributed by atoms with Crippen LogP contribution in [0.1, 0.15) is 40.5 Å². The van der Waals surface area contributed by atoms with Crippen LogP contribution in [0, 0.1) is 39.0 Å². The van der Waals surface area contributed by atoms with Gasteiger partial charge in [0.05, 0.1) is 11.9 Å². The number of fused-ring (bicyclic) bond motifs is 1. The second-order valence-electron chi connectivity index (χ2n) is 7.08. The Bertz CT molecular complexity index is 1310. The zero-order chi connectivity index (χ0) is 21.4. The van der Waals surface area contributed by atoms with Gasteiger partial charge in [-0.1, -0.05) is 0 Å². The van der Waals surface area contributed by atoms with E-state index in [1.54, 1.807) is 4.52 Å². The van der Waals surface area contributed by atoms with Crippen LogP contribution in [-0.4, -0.2) is 25.5 Å². The number of nitriles is 1. The average molecular weight is 420 g/mol. The van der Waals surface area contributed by atoms with Gasteiger partial charge in [0.1, 0.15) is 23.2 Å². The molecule has 0 spiro atoms. The van der Waals surface area contributed by atoms with Gasteiger partial charge in [0.25, 0.3) is 0 Å². The van der Waals surface area contributed by atoms with Gasteiger partial charge in [0, 0.05) is 28.8 Å². The number of amides is 1. The van der Waals surface area contributed by atoms with E-state index in [1.807, 2.05) is 39.1 Å². The monoisotopic (exact) mass is 420 g/mol. The molecule has 4 heterocycles. The molecular formula is C21H20N6O2S. The van der Waals surface area contributed by atoms with Crippen LogP contribution in [0.2, 0.25) is 0 Å². The third-order valence-electron chi connectivity index (χ3n) is 5.00. The Hall–Kier alpha value is -3.51. The Kier molecular flexibility index (Phi) is 5.10. The van der Waals surface area contributed by atoms with Crippen molar-refractivity contribution in [3.05, 3.63) is 51.7 Å². The first-order valence-corrected chi connectivity index (χ1v) is 10.3. The van der Waals surface area contributed by atoms with Gasteiger partial charge in [-0.2, -0.15) is 10.4 Å². The molecule has 4 aromatic rings. The van der Waals surface area contributed by atoms with E-state index in [-0.39, 0.29) is 5.91 Å². The van der Waals surface area contributed by atoms with Gasteiger partial charge < -0.3 is 9.73 Å². The van der Waals surface area contributed by atoms with Crippen LogP contribution in [0.4, 0.5) is 5.13 Å². The molecule has 8 nitrogen and oxygen atoms in total. The molecule has 0 saturated carbocycles.